The molecule has 0 unspecified atom stereocenters. The Balaban J connectivity index is 2.19. The van der Waals surface area contributed by atoms with Crippen molar-refractivity contribution in [1.82, 2.24) is 0 Å². The molecule has 0 N–H and O–H groups in total. The molecule has 0 heterocycles. The average molecular weight is 353 g/mol. The first-order valence-corrected chi connectivity index (χ1v) is 6.87. The molecule has 0 aliphatic heterocycles. The van der Waals surface area contributed by atoms with E-state index in [2.05, 4.69) is 20.7 Å². The predicted molar refractivity (Wildman–Crippen MR) is 80.6 cm³/mol. The van der Waals surface area contributed by atoms with Crippen molar-refractivity contribution in [3.8, 4) is 5.75 Å². The van der Waals surface area contributed by atoms with Crippen LogP contribution in [-0.2, 0) is 0 Å². The number of benzene rings is 2. The number of allylic oxidation sites excluding steroid dienone is 1. The van der Waals surface area contributed by atoms with Gasteiger partial charge in [0.05, 0.1) is 0 Å². The molecule has 0 saturated carbocycles. The van der Waals surface area contributed by atoms with Crippen molar-refractivity contribution >= 4 is 27.8 Å². The fraction of sp³-hybridized carbons (Fsp3) is 0.0625. The average Bonchev–Trinajstić information content (AvgIpc) is 2.45. The maximum Gasteiger partial charge on any atom is 0.387 e. The van der Waals surface area contributed by atoms with E-state index in [1.807, 2.05) is 6.07 Å². The molecular weight excluding hydrogens is 342 g/mol. The number of para-hydroxylation sites is 1. The molecule has 0 aromatic heterocycles. The van der Waals surface area contributed by atoms with Crippen LogP contribution in [0.1, 0.15) is 15.9 Å². The van der Waals surface area contributed by atoms with E-state index in [1.165, 1.54) is 18.2 Å². The molecule has 2 aromatic carbocycles. The van der Waals surface area contributed by atoms with Gasteiger partial charge in [0.1, 0.15) is 5.75 Å². The molecule has 0 radical (unpaired) electrons. The molecule has 0 amide bonds. The summed E-state index contributed by atoms with van der Waals surface area (Å²) >= 11 is 3.29. The fourth-order valence-electron chi connectivity index (χ4n) is 1.72. The molecule has 2 nitrogen and oxygen atoms in total. The highest BCUT2D eigenvalue weighted by Crippen LogP contribution is 2.22. The third-order valence-corrected chi connectivity index (χ3v) is 3.15. The molecule has 21 heavy (non-hydrogen) atoms. The molecule has 5 heteroatoms. The molecule has 0 saturated heterocycles. The van der Waals surface area contributed by atoms with Gasteiger partial charge < -0.3 is 4.74 Å². The smallest absolute Gasteiger partial charge is 0.387 e. The van der Waals surface area contributed by atoms with Crippen LogP contribution in [0.15, 0.2) is 59.1 Å². The van der Waals surface area contributed by atoms with Crippen LogP contribution in [0.4, 0.5) is 8.78 Å². The largest absolute Gasteiger partial charge is 0.434 e. The number of ketones is 1. The fourth-order valence-corrected chi connectivity index (χ4v) is 2.12. The Morgan fingerprint density at radius 1 is 1.14 bits per heavy atom. The lowest BCUT2D eigenvalue weighted by molar-refractivity contribution is -0.0499. The Kier molecular flexibility index (Phi) is 5.22. The zero-order valence-corrected chi connectivity index (χ0v) is 12.4. The Hall–Kier alpha value is -2.01. The predicted octanol–water partition coefficient (Wildman–Crippen LogP) is 4.95. The maximum atomic E-state index is 12.3. The second kappa shape index (κ2) is 7.13. The molecular formula is C16H11BrF2O2. The van der Waals surface area contributed by atoms with Gasteiger partial charge in [0.15, 0.2) is 5.78 Å². The van der Waals surface area contributed by atoms with Crippen molar-refractivity contribution < 1.29 is 18.3 Å². The number of alkyl halides is 2. The summed E-state index contributed by atoms with van der Waals surface area (Å²) in [6.07, 6.45) is 2.79. The lowest BCUT2D eigenvalue weighted by atomic mass is 10.1. The van der Waals surface area contributed by atoms with Crippen LogP contribution in [0.5, 0.6) is 5.75 Å². The van der Waals surface area contributed by atoms with E-state index in [0.29, 0.717) is 11.1 Å². The van der Waals surface area contributed by atoms with Crippen molar-refractivity contribution in [3.63, 3.8) is 0 Å². The molecule has 2 rings (SSSR count). The summed E-state index contributed by atoms with van der Waals surface area (Å²) in [5, 5.41) is 0. The molecule has 2 aromatic rings. The van der Waals surface area contributed by atoms with Gasteiger partial charge in [-0.05, 0) is 30.4 Å². The van der Waals surface area contributed by atoms with E-state index < -0.39 is 6.61 Å². The minimum Gasteiger partial charge on any atom is -0.434 e. The van der Waals surface area contributed by atoms with Crippen molar-refractivity contribution in [1.29, 1.82) is 0 Å². The topological polar surface area (TPSA) is 26.3 Å². The van der Waals surface area contributed by atoms with Crippen LogP contribution >= 0.6 is 15.9 Å². The highest BCUT2D eigenvalue weighted by atomic mass is 79.9. The normalized spacial score (nSPS) is 11.0. The van der Waals surface area contributed by atoms with Gasteiger partial charge in [-0.15, -0.1) is 0 Å². The Bertz CT molecular complexity index is 669. The van der Waals surface area contributed by atoms with Crippen molar-refractivity contribution in [2.24, 2.45) is 0 Å². The Morgan fingerprint density at radius 2 is 1.90 bits per heavy atom. The number of halogens is 3. The summed E-state index contributed by atoms with van der Waals surface area (Å²) in [4.78, 5) is 12.0. The van der Waals surface area contributed by atoms with Gasteiger partial charge in [-0.1, -0.05) is 46.3 Å². The van der Waals surface area contributed by atoms with Gasteiger partial charge in [-0.2, -0.15) is 8.78 Å². The molecule has 0 spiro atoms. The molecule has 0 atom stereocenters. The first-order chi connectivity index (χ1) is 10.1. The minimum absolute atomic E-state index is 0.0331. The summed E-state index contributed by atoms with van der Waals surface area (Å²) in [6, 6.07) is 13.2. The van der Waals surface area contributed by atoms with Crippen molar-refractivity contribution in [2.75, 3.05) is 0 Å². The van der Waals surface area contributed by atoms with Crippen LogP contribution < -0.4 is 4.74 Å². The quantitative estimate of drug-likeness (QED) is 0.562. The SMILES string of the molecule is O=C(/C=C/c1ccccc1OC(F)F)c1cccc(Br)c1. The number of hydrogen-bond acceptors (Lipinski definition) is 2. The van der Waals surface area contributed by atoms with Gasteiger partial charge >= 0.3 is 6.61 Å². The third kappa shape index (κ3) is 4.49. The van der Waals surface area contributed by atoms with E-state index in [1.54, 1.807) is 36.4 Å². The van der Waals surface area contributed by atoms with Gasteiger partial charge in [0.25, 0.3) is 0 Å². The molecule has 0 fully saturated rings. The Morgan fingerprint density at radius 3 is 2.62 bits per heavy atom. The molecule has 108 valence electrons. The summed E-state index contributed by atoms with van der Waals surface area (Å²) < 4.78 is 29.8. The zero-order chi connectivity index (χ0) is 15.2. The maximum absolute atomic E-state index is 12.3. The summed E-state index contributed by atoms with van der Waals surface area (Å²) in [7, 11) is 0. The number of ether oxygens (including phenoxy) is 1. The first kappa shape index (κ1) is 15.4. The number of carbonyl (C=O) groups is 1. The van der Waals surface area contributed by atoms with Crippen LogP contribution in [0.25, 0.3) is 6.08 Å². The third-order valence-electron chi connectivity index (χ3n) is 2.66. The molecule has 0 aliphatic carbocycles. The highest BCUT2D eigenvalue weighted by Gasteiger charge is 2.08. The lowest BCUT2D eigenvalue weighted by Gasteiger charge is -2.07. The van der Waals surface area contributed by atoms with Crippen LogP contribution in [0.3, 0.4) is 0 Å². The van der Waals surface area contributed by atoms with Gasteiger partial charge in [0, 0.05) is 15.6 Å². The van der Waals surface area contributed by atoms with Gasteiger partial charge in [0.2, 0.25) is 0 Å². The second-order valence-electron chi connectivity index (χ2n) is 4.12. The van der Waals surface area contributed by atoms with E-state index in [0.717, 1.165) is 4.47 Å². The highest BCUT2D eigenvalue weighted by molar-refractivity contribution is 9.10. The van der Waals surface area contributed by atoms with Crippen LogP contribution in [-0.4, -0.2) is 12.4 Å². The van der Waals surface area contributed by atoms with Crippen molar-refractivity contribution in [3.05, 3.63) is 70.2 Å². The number of rotatable bonds is 5. The van der Waals surface area contributed by atoms with E-state index in [-0.39, 0.29) is 11.5 Å². The summed E-state index contributed by atoms with van der Waals surface area (Å²) in [5.74, 6) is -0.186. The van der Waals surface area contributed by atoms with Crippen LogP contribution in [0, 0.1) is 0 Å². The van der Waals surface area contributed by atoms with Gasteiger partial charge in [-0.25, -0.2) is 0 Å². The number of hydrogen-bond donors (Lipinski definition) is 0. The zero-order valence-electron chi connectivity index (χ0n) is 10.8. The minimum atomic E-state index is -2.90. The van der Waals surface area contributed by atoms with Crippen molar-refractivity contribution in [2.45, 2.75) is 6.61 Å². The standard InChI is InChI=1S/C16H11BrF2O2/c17-13-6-3-5-12(10-13)14(20)9-8-11-4-1-2-7-15(11)21-16(18)19/h1-10,16H/b9-8+. The van der Waals surface area contributed by atoms with E-state index >= 15 is 0 Å². The van der Waals surface area contributed by atoms with Crippen LogP contribution in [0.2, 0.25) is 0 Å². The lowest BCUT2D eigenvalue weighted by Crippen LogP contribution is -2.03. The van der Waals surface area contributed by atoms with E-state index in [4.69, 9.17) is 0 Å². The van der Waals surface area contributed by atoms with Gasteiger partial charge in [-0.3, -0.25) is 4.79 Å². The second-order valence-corrected chi connectivity index (χ2v) is 5.04. The Labute approximate surface area is 129 Å². The summed E-state index contributed by atoms with van der Waals surface area (Å²) in [6.45, 7) is -2.90. The molecule has 0 aliphatic rings. The summed E-state index contributed by atoms with van der Waals surface area (Å²) in [5.41, 5.74) is 0.925. The first-order valence-electron chi connectivity index (χ1n) is 6.08. The van der Waals surface area contributed by atoms with E-state index in [9.17, 15) is 13.6 Å². The molecule has 0 bridgehead atoms. The monoisotopic (exact) mass is 352 g/mol. The number of carbonyl (C=O) groups excluding carboxylic acids is 1.